The SMILES string of the molecule is CCC(Br)C(=O)Nc1cccc(OC)c1. The van der Waals surface area contributed by atoms with E-state index in [9.17, 15) is 4.79 Å². The summed E-state index contributed by atoms with van der Waals surface area (Å²) in [5.74, 6) is 0.696. The normalized spacial score (nSPS) is 11.9. The topological polar surface area (TPSA) is 38.3 Å². The predicted octanol–water partition coefficient (Wildman–Crippen LogP) is 2.81. The monoisotopic (exact) mass is 271 g/mol. The molecule has 0 radical (unpaired) electrons. The van der Waals surface area contributed by atoms with Crippen LogP contribution in [0.4, 0.5) is 5.69 Å². The number of alkyl halides is 1. The third kappa shape index (κ3) is 3.55. The Bertz CT molecular complexity index is 341. The van der Waals surface area contributed by atoms with Crippen molar-refractivity contribution in [1.82, 2.24) is 0 Å². The minimum Gasteiger partial charge on any atom is -0.497 e. The minimum absolute atomic E-state index is 0.0363. The van der Waals surface area contributed by atoms with E-state index >= 15 is 0 Å². The molecule has 1 unspecified atom stereocenters. The molecule has 4 heteroatoms. The Kier molecular flexibility index (Phi) is 4.62. The van der Waals surface area contributed by atoms with Gasteiger partial charge in [-0.1, -0.05) is 28.9 Å². The highest BCUT2D eigenvalue weighted by atomic mass is 79.9. The lowest BCUT2D eigenvalue weighted by molar-refractivity contribution is -0.115. The summed E-state index contributed by atoms with van der Waals surface area (Å²) in [5, 5.41) is 2.80. The molecule has 0 aliphatic heterocycles. The maximum Gasteiger partial charge on any atom is 0.238 e. The van der Waals surface area contributed by atoms with Crippen LogP contribution in [0.2, 0.25) is 0 Å². The van der Waals surface area contributed by atoms with Gasteiger partial charge in [0.1, 0.15) is 5.75 Å². The number of amides is 1. The molecule has 82 valence electrons. The molecule has 1 N–H and O–H groups in total. The maximum absolute atomic E-state index is 11.5. The number of methoxy groups -OCH3 is 1. The summed E-state index contributed by atoms with van der Waals surface area (Å²) in [6.07, 6.45) is 0.760. The first-order chi connectivity index (χ1) is 7.17. The number of halogens is 1. The first kappa shape index (κ1) is 12.0. The fourth-order valence-corrected chi connectivity index (χ4v) is 1.22. The van der Waals surface area contributed by atoms with Crippen LogP contribution in [0.25, 0.3) is 0 Å². The summed E-state index contributed by atoms with van der Waals surface area (Å²) < 4.78 is 5.06. The van der Waals surface area contributed by atoms with Crippen molar-refractivity contribution in [2.75, 3.05) is 12.4 Å². The van der Waals surface area contributed by atoms with E-state index in [4.69, 9.17) is 4.74 Å². The quantitative estimate of drug-likeness (QED) is 0.856. The van der Waals surface area contributed by atoms with Gasteiger partial charge >= 0.3 is 0 Å². The Morgan fingerprint density at radius 2 is 2.33 bits per heavy atom. The van der Waals surface area contributed by atoms with Crippen LogP contribution in [-0.2, 0) is 4.79 Å². The van der Waals surface area contributed by atoms with E-state index < -0.39 is 0 Å². The molecule has 0 bridgehead atoms. The number of nitrogens with one attached hydrogen (secondary N) is 1. The van der Waals surface area contributed by atoms with Crippen LogP contribution in [-0.4, -0.2) is 17.8 Å². The molecule has 15 heavy (non-hydrogen) atoms. The zero-order valence-corrected chi connectivity index (χ0v) is 10.4. The summed E-state index contributed by atoms with van der Waals surface area (Å²) in [5.41, 5.74) is 0.747. The van der Waals surface area contributed by atoms with Gasteiger partial charge in [0.2, 0.25) is 5.91 Å². The standard InChI is InChI=1S/C11H14BrNO2/c1-3-10(12)11(14)13-8-5-4-6-9(7-8)15-2/h4-7,10H,3H2,1-2H3,(H,13,14). The average Bonchev–Trinajstić information content (AvgIpc) is 2.28. The Balaban J connectivity index is 2.68. The third-order valence-corrected chi connectivity index (χ3v) is 3.04. The Labute approximate surface area is 97.9 Å². The highest BCUT2D eigenvalue weighted by Crippen LogP contribution is 2.17. The highest BCUT2D eigenvalue weighted by Gasteiger charge is 2.12. The Hall–Kier alpha value is -1.03. The van der Waals surface area contributed by atoms with E-state index in [1.807, 2.05) is 25.1 Å². The Morgan fingerprint density at radius 1 is 1.60 bits per heavy atom. The molecule has 1 aromatic carbocycles. The molecule has 0 saturated heterocycles. The van der Waals surface area contributed by atoms with Crippen LogP contribution in [0, 0.1) is 0 Å². The Morgan fingerprint density at radius 3 is 2.93 bits per heavy atom. The second-order valence-electron chi connectivity index (χ2n) is 3.10. The summed E-state index contributed by atoms with van der Waals surface area (Å²) in [6, 6.07) is 7.29. The number of rotatable bonds is 4. The summed E-state index contributed by atoms with van der Waals surface area (Å²) in [4.78, 5) is 11.4. The van der Waals surface area contributed by atoms with Crippen molar-refractivity contribution in [3.05, 3.63) is 24.3 Å². The van der Waals surface area contributed by atoms with Crippen molar-refractivity contribution in [3.8, 4) is 5.75 Å². The van der Waals surface area contributed by atoms with Crippen molar-refractivity contribution >= 4 is 27.5 Å². The molecule has 0 heterocycles. The number of ether oxygens (including phenoxy) is 1. The number of hydrogen-bond donors (Lipinski definition) is 1. The number of carbonyl (C=O) groups is 1. The van der Waals surface area contributed by atoms with E-state index in [0.29, 0.717) is 0 Å². The van der Waals surface area contributed by atoms with Crippen molar-refractivity contribution in [2.24, 2.45) is 0 Å². The van der Waals surface area contributed by atoms with E-state index in [-0.39, 0.29) is 10.7 Å². The van der Waals surface area contributed by atoms with Crippen LogP contribution in [0.15, 0.2) is 24.3 Å². The van der Waals surface area contributed by atoms with Crippen LogP contribution in [0.3, 0.4) is 0 Å². The second-order valence-corrected chi connectivity index (χ2v) is 4.20. The molecule has 1 aromatic rings. The smallest absolute Gasteiger partial charge is 0.238 e. The van der Waals surface area contributed by atoms with Gasteiger partial charge in [0.15, 0.2) is 0 Å². The number of carbonyl (C=O) groups excluding carboxylic acids is 1. The molecule has 0 aliphatic rings. The minimum atomic E-state index is -0.149. The van der Waals surface area contributed by atoms with Crippen LogP contribution < -0.4 is 10.1 Å². The van der Waals surface area contributed by atoms with Crippen molar-refractivity contribution < 1.29 is 9.53 Å². The van der Waals surface area contributed by atoms with E-state index in [0.717, 1.165) is 17.9 Å². The second kappa shape index (κ2) is 5.75. The van der Waals surface area contributed by atoms with E-state index in [2.05, 4.69) is 21.2 Å². The van der Waals surface area contributed by atoms with Gasteiger partial charge in [-0.3, -0.25) is 4.79 Å². The summed E-state index contributed by atoms with van der Waals surface area (Å²) in [6.45, 7) is 1.95. The molecule has 0 saturated carbocycles. The van der Waals surface area contributed by atoms with E-state index in [1.165, 1.54) is 0 Å². The van der Waals surface area contributed by atoms with E-state index in [1.54, 1.807) is 13.2 Å². The number of anilines is 1. The number of benzene rings is 1. The number of hydrogen-bond acceptors (Lipinski definition) is 2. The van der Waals surface area contributed by atoms with Gasteiger partial charge in [-0.15, -0.1) is 0 Å². The zero-order valence-electron chi connectivity index (χ0n) is 8.79. The molecule has 1 atom stereocenters. The highest BCUT2D eigenvalue weighted by molar-refractivity contribution is 9.10. The largest absolute Gasteiger partial charge is 0.497 e. The van der Waals surface area contributed by atoms with Gasteiger partial charge in [-0.25, -0.2) is 0 Å². The van der Waals surface area contributed by atoms with Crippen LogP contribution in [0.1, 0.15) is 13.3 Å². The van der Waals surface area contributed by atoms with Crippen molar-refractivity contribution in [3.63, 3.8) is 0 Å². The molecule has 3 nitrogen and oxygen atoms in total. The third-order valence-electron chi connectivity index (χ3n) is 1.98. The van der Waals surface area contributed by atoms with Crippen LogP contribution >= 0.6 is 15.9 Å². The first-order valence-electron chi connectivity index (χ1n) is 4.76. The molecule has 1 rings (SSSR count). The predicted molar refractivity (Wildman–Crippen MR) is 64.6 cm³/mol. The molecule has 0 aliphatic carbocycles. The van der Waals surface area contributed by atoms with Gasteiger partial charge < -0.3 is 10.1 Å². The molecular formula is C11H14BrNO2. The van der Waals surface area contributed by atoms with Crippen LogP contribution in [0.5, 0.6) is 5.75 Å². The maximum atomic E-state index is 11.5. The first-order valence-corrected chi connectivity index (χ1v) is 5.68. The lowest BCUT2D eigenvalue weighted by atomic mass is 10.2. The molecule has 1 amide bonds. The summed E-state index contributed by atoms with van der Waals surface area (Å²) >= 11 is 3.29. The summed E-state index contributed by atoms with van der Waals surface area (Å²) in [7, 11) is 1.60. The van der Waals surface area contributed by atoms with Gasteiger partial charge in [0, 0.05) is 11.8 Å². The fourth-order valence-electron chi connectivity index (χ4n) is 1.11. The zero-order chi connectivity index (χ0) is 11.3. The average molecular weight is 272 g/mol. The van der Waals surface area contributed by atoms with Gasteiger partial charge in [0.25, 0.3) is 0 Å². The molecule has 0 spiro atoms. The molecule has 0 fully saturated rings. The molecule has 0 aromatic heterocycles. The van der Waals surface area contributed by atoms with Gasteiger partial charge in [-0.2, -0.15) is 0 Å². The van der Waals surface area contributed by atoms with Gasteiger partial charge in [-0.05, 0) is 18.6 Å². The van der Waals surface area contributed by atoms with Gasteiger partial charge in [0.05, 0.1) is 11.9 Å². The molecular weight excluding hydrogens is 258 g/mol. The van der Waals surface area contributed by atoms with Crippen molar-refractivity contribution in [2.45, 2.75) is 18.2 Å². The van der Waals surface area contributed by atoms with Crippen molar-refractivity contribution in [1.29, 1.82) is 0 Å². The lowest BCUT2D eigenvalue weighted by Crippen LogP contribution is -2.21. The lowest BCUT2D eigenvalue weighted by Gasteiger charge is -2.09. The fraction of sp³-hybridized carbons (Fsp3) is 0.364.